The Hall–Kier alpha value is -0.850. The molecule has 0 saturated heterocycles. The van der Waals surface area contributed by atoms with E-state index in [0.29, 0.717) is 6.42 Å². The Labute approximate surface area is 49.7 Å². The molecule has 0 aromatic heterocycles. The molecular weight excluding hydrogens is 100 g/mol. The first kappa shape index (κ1) is 7.15. The highest BCUT2D eigenvalue weighted by atomic mass is 16.1. The lowest BCUT2D eigenvalue weighted by Crippen LogP contribution is -1.85. The van der Waals surface area contributed by atoms with Gasteiger partial charge in [-0.25, -0.2) is 0 Å². The van der Waals surface area contributed by atoms with E-state index < -0.39 is 0 Å². The topological polar surface area (TPSA) is 17.1 Å². The first-order valence-corrected chi connectivity index (χ1v) is 2.57. The quantitative estimate of drug-likeness (QED) is 0.399. The van der Waals surface area contributed by atoms with Crippen molar-refractivity contribution in [3.8, 4) is 0 Å². The standard InChI is InChI=1S/C7H10O/c1-3-5-6-7(8)4-2/h3-5H,2,6H2,1H3/b5-3+. The molecule has 0 aromatic carbocycles. The van der Waals surface area contributed by atoms with Gasteiger partial charge in [0.1, 0.15) is 0 Å². The molecule has 0 aliphatic carbocycles. The van der Waals surface area contributed by atoms with Crippen LogP contribution < -0.4 is 0 Å². The van der Waals surface area contributed by atoms with Crippen molar-refractivity contribution in [1.82, 2.24) is 0 Å². The predicted molar refractivity (Wildman–Crippen MR) is 34.6 cm³/mol. The molecule has 1 nitrogen and oxygen atoms in total. The van der Waals surface area contributed by atoms with Gasteiger partial charge in [0.2, 0.25) is 0 Å². The Kier molecular flexibility index (Phi) is 3.85. The second-order valence-corrected chi connectivity index (χ2v) is 1.44. The summed E-state index contributed by atoms with van der Waals surface area (Å²) in [6.45, 7) is 5.22. The van der Waals surface area contributed by atoms with Gasteiger partial charge in [-0.1, -0.05) is 18.7 Å². The largest absolute Gasteiger partial charge is 0.295 e. The van der Waals surface area contributed by atoms with Crippen LogP contribution in [-0.2, 0) is 4.79 Å². The fourth-order valence-electron chi connectivity index (χ4n) is 0.317. The van der Waals surface area contributed by atoms with Gasteiger partial charge in [0, 0.05) is 6.42 Å². The SMILES string of the molecule is C=CC(=O)C/C=C/C. The van der Waals surface area contributed by atoms with Crippen LogP contribution in [0.5, 0.6) is 0 Å². The van der Waals surface area contributed by atoms with Gasteiger partial charge in [0.05, 0.1) is 0 Å². The lowest BCUT2D eigenvalue weighted by Gasteiger charge is -1.80. The molecule has 0 aliphatic heterocycles. The minimum Gasteiger partial charge on any atom is -0.295 e. The van der Waals surface area contributed by atoms with E-state index in [0.717, 1.165) is 0 Å². The third kappa shape index (κ3) is 3.34. The Morgan fingerprint density at radius 2 is 2.38 bits per heavy atom. The van der Waals surface area contributed by atoms with Crippen molar-refractivity contribution in [3.05, 3.63) is 24.8 Å². The van der Waals surface area contributed by atoms with Gasteiger partial charge in [0.15, 0.2) is 5.78 Å². The molecule has 8 heavy (non-hydrogen) atoms. The minimum atomic E-state index is 0.0723. The Bertz CT molecular complexity index is 112. The van der Waals surface area contributed by atoms with Crippen molar-refractivity contribution >= 4 is 5.78 Å². The van der Waals surface area contributed by atoms with E-state index in [-0.39, 0.29) is 5.78 Å². The Balaban J connectivity index is 3.39. The highest BCUT2D eigenvalue weighted by molar-refractivity contribution is 5.90. The lowest BCUT2D eigenvalue weighted by atomic mass is 10.3. The molecule has 0 spiro atoms. The van der Waals surface area contributed by atoms with Crippen LogP contribution in [0.15, 0.2) is 24.8 Å². The highest BCUT2D eigenvalue weighted by Gasteiger charge is 1.85. The molecule has 0 unspecified atom stereocenters. The van der Waals surface area contributed by atoms with Crippen LogP contribution in [0.25, 0.3) is 0 Å². The molecule has 0 heterocycles. The van der Waals surface area contributed by atoms with Crippen LogP contribution in [0.1, 0.15) is 13.3 Å². The second-order valence-electron chi connectivity index (χ2n) is 1.44. The van der Waals surface area contributed by atoms with E-state index in [2.05, 4.69) is 6.58 Å². The summed E-state index contributed by atoms with van der Waals surface area (Å²) < 4.78 is 0. The zero-order valence-corrected chi connectivity index (χ0v) is 5.05. The predicted octanol–water partition coefficient (Wildman–Crippen LogP) is 1.71. The molecule has 0 fully saturated rings. The summed E-state index contributed by atoms with van der Waals surface area (Å²) in [5, 5.41) is 0. The molecule has 0 amide bonds. The number of hydrogen-bond donors (Lipinski definition) is 0. The van der Waals surface area contributed by atoms with Gasteiger partial charge in [-0.3, -0.25) is 4.79 Å². The summed E-state index contributed by atoms with van der Waals surface area (Å²) in [6, 6.07) is 0. The Morgan fingerprint density at radius 3 is 2.75 bits per heavy atom. The average Bonchev–Trinajstić information content (AvgIpc) is 1.83. The molecule has 0 radical (unpaired) electrons. The van der Waals surface area contributed by atoms with E-state index >= 15 is 0 Å². The highest BCUT2D eigenvalue weighted by Crippen LogP contribution is 1.84. The summed E-state index contributed by atoms with van der Waals surface area (Å²) in [6.07, 6.45) is 5.48. The number of rotatable bonds is 3. The molecule has 0 atom stereocenters. The Morgan fingerprint density at radius 1 is 1.75 bits per heavy atom. The third-order valence-corrected chi connectivity index (χ3v) is 0.782. The van der Waals surface area contributed by atoms with Gasteiger partial charge in [-0.15, -0.1) is 0 Å². The molecular formula is C7H10O. The van der Waals surface area contributed by atoms with E-state index in [1.807, 2.05) is 19.1 Å². The number of carbonyl (C=O) groups is 1. The van der Waals surface area contributed by atoms with Crippen molar-refractivity contribution in [3.63, 3.8) is 0 Å². The van der Waals surface area contributed by atoms with Crippen LogP contribution in [-0.4, -0.2) is 5.78 Å². The van der Waals surface area contributed by atoms with Crippen molar-refractivity contribution in [2.24, 2.45) is 0 Å². The van der Waals surface area contributed by atoms with E-state index in [9.17, 15) is 4.79 Å². The van der Waals surface area contributed by atoms with Gasteiger partial charge >= 0.3 is 0 Å². The number of hydrogen-bond acceptors (Lipinski definition) is 1. The van der Waals surface area contributed by atoms with Gasteiger partial charge in [0.25, 0.3) is 0 Å². The summed E-state index contributed by atoms with van der Waals surface area (Å²) in [7, 11) is 0. The normalized spacial score (nSPS) is 9.62. The molecule has 0 rings (SSSR count). The van der Waals surface area contributed by atoms with E-state index in [1.165, 1.54) is 6.08 Å². The van der Waals surface area contributed by atoms with Crippen LogP contribution in [0.4, 0.5) is 0 Å². The van der Waals surface area contributed by atoms with Crippen molar-refractivity contribution in [2.45, 2.75) is 13.3 Å². The van der Waals surface area contributed by atoms with Gasteiger partial charge < -0.3 is 0 Å². The number of allylic oxidation sites excluding steroid dienone is 3. The maximum absolute atomic E-state index is 10.4. The zero-order chi connectivity index (χ0) is 6.41. The second kappa shape index (κ2) is 4.31. The van der Waals surface area contributed by atoms with Crippen LogP contribution >= 0.6 is 0 Å². The van der Waals surface area contributed by atoms with E-state index in [1.54, 1.807) is 0 Å². The maximum atomic E-state index is 10.4. The lowest BCUT2D eigenvalue weighted by molar-refractivity contribution is -0.113. The molecule has 0 N–H and O–H groups in total. The zero-order valence-electron chi connectivity index (χ0n) is 5.05. The van der Waals surface area contributed by atoms with Crippen molar-refractivity contribution < 1.29 is 4.79 Å². The van der Waals surface area contributed by atoms with Crippen molar-refractivity contribution in [1.29, 1.82) is 0 Å². The van der Waals surface area contributed by atoms with Crippen molar-refractivity contribution in [2.75, 3.05) is 0 Å². The number of ketones is 1. The fourth-order valence-corrected chi connectivity index (χ4v) is 0.317. The number of carbonyl (C=O) groups excluding carboxylic acids is 1. The molecule has 1 heteroatoms. The molecule has 0 bridgehead atoms. The molecule has 44 valence electrons. The van der Waals surface area contributed by atoms with E-state index in [4.69, 9.17) is 0 Å². The minimum absolute atomic E-state index is 0.0723. The first-order chi connectivity index (χ1) is 3.81. The molecule has 0 saturated carbocycles. The van der Waals surface area contributed by atoms with Gasteiger partial charge in [-0.2, -0.15) is 0 Å². The average molecular weight is 110 g/mol. The summed E-state index contributed by atoms with van der Waals surface area (Å²) in [5.74, 6) is 0.0723. The monoisotopic (exact) mass is 110 g/mol. The fraction of sp³-hybridized carbons (Fsp3) is 0.286. The van der Waals surface area contributed by atoms with Crippen LogP contribution in [0, 0.1) is 0 Å². The molecule has 0 aliphatic rings. The summed E-state index contributed by atoms with van der Waals surface area (Å²) in [5.41, 5.74) is 0. The third-order valence-electron chi connectivity index (χ3n) is 0.782. The maximum Gasteiger partial charge on any atom is 0.158 e. The summed E-state index contributed by atoms with van der Waals surface area (Å²) in [4.78, 5) is 10.4. The van der Waals surface area contributed by atoms with Crippen LogP contribution in [0.2, 0.25) is 0 Å². The summed E-state index contributed by atoms with van der Waals surface area (Å²) >= 11 is 0. The van der Waals surface area contributed by atoms with Gasteiger partial charge in [-0.05, 0) is 13.0 Å². The molecule has 0 aromatic rings. The smallest absolute Gasteiger partial charge is 0.158 e. The first-order valence-electron chi connectivity index (χ1n) is 2.57. The van der Waals surface area contributed by atoms with Crippen LogP contribution in [0.3, 0.4) is 0 Å².